The molecule has 1 aliphatic carbocycles. The van der Waals surface area contributed by atoms with Crippen LogP contribution in [0.25, 0.3) is 0 Å². The van der Waals surface area contributed by atoms with Crippen LogP contribution in [0.5, 0.6) is 0 Å². The number of hydrogen-bond acceptors (Lipinski definition) is 4. The van der Waals surface area contributed by atoms with Crippen molar-refractivity contribution in [1.29, 1.82) is 0 Å². The summed E-state index contributed by atoms with van der Waals surface area (Å²) in [6.45, 7) is 0. The van der Waals surface area contributed by atoms with E-state index in [9.17, 15) is 0 Å². The van der Waals surface area contributed by atoms with Gasteiger partial charge in [-0.05, 0) is 25.7 Å². The molecule has 1 N–H and O–H groups in total. The van der Waals surface area contributed by atoms with E-state index < -0.39 is 0 Å². The number of nitrogens with one attached hydrogen (secondary N) is 1. The Bertz CT molecular complexity index is 291. The van der Waals surface area contributed by atoms with E-state index in [-0.39, 0.29) is 0 Å². The predicted molar refractivity (Wildman–Crippen MR) is 58.7 cm³/mol. The molecule has 1 heterocycles. The first kappa shape index (κ1) is 10.4. The lowest BCUT2D eigenvalue weighted by Crippen LogP contribution is -2.31. The summed E-state index contributed by atoms with van der Waals surface area (Å²) in [7, 11) is 1.79. The molecule has 0 radical (unpaired) electrons. The lowest BCUT2D eigenvalue weighted by molar-refractivity contribution is 0.0669. The van der Waals surface area contributed by atoms with Crippen molar-refractivity contribution in [3.05, 3.63) is 18.7 Å². The van der Waals surface area contributed by atoms with Crippen LogP contribution in [0.3, 0.4) is 0 Å². The van der Waals surface area contributed by atoms with Gasteiger partial charge in [0.25, 0.3) is 0 Å². The monoisotopic (exact) mass is 207 g/mol. The van der Waals surface area contributed by atoms with E-state index in [1.165, 1.54) is 19.3 Å². The topological polar surface area (TPSA) is 47.0 Å². The van der Waals surface area contributed by atoms with Gasteiger partial charge in [0, 0.05) is 13.2 Å². The van der Waals surface area contributed by atoms with Crippen molar-refractivity contribution in [2.75, 3.05) is 12.4 Å². The molecule has 1 aliphatic rings. The molecule has 2 unspecified atom stereocenters. The Hall–Kier alpha value is -1.16. The third-order valence-corrected chi connectivity index (χ3v) is 2.89. The Labute approximate surface area is 90.1 Å². The average Bonchev–Trinajstić information content (AvgIpc) is 2.31. The Morgan fingerprint density at radius 1 is 1.33 bits per heavy atom. The quantitative estimate of drug-likeness (QED) is 0.821. The summed E-state index contributed by atoms with van der Waals surface area (Å²) < 4.78 is 5.39. The van der Waals surface area contributed by atoms with Crippen molar-refractivity contribution >= 4 is 5.69 Å². The molecular formula is C11H17N3O. The van der Waals surface area contributed by atoms with E-state index in [2.05, 4.69) is 15.3 Å². The first-order valence-electron chi connectivity index (χ1n) is 5.43. The van der Waals surface area contributed by atoms with Crippen molar-refractivity contribution in [2.24, 2.45) is 0 Å². The van der Waals surface area contributed by atoms with Gasteiger partial charge in [-0.2, -0.15) is 0 Å². The second-order valence-corrected chi connectivity index (χ2v) is 3.99. The number of hydrogen-bond donors (Lipinski definition) is 1. The molecule has 82 valence electrons. The number of aromatic nitrogens is 2. The molecule has 1 aromatic heterocycles. The van der Waals surface area contributed by atoms with Crippen LogP contribution in [0.4, 0.5) is 5.69 Å². The molecule has 0 aliphatic heterocycles. The molecule has 0 saturated heterocycles. The first-order valence-corrected chi connectivity index (χ1v) is 5.43. The largest absolute Gasteiger partial charge is 0.381 e. The molecule has 4 nitrogen and oxygen atoms in total. The number of ether oxygens (including phenoxy) is 1. The van der Waals surface area contributed by atoms with Gasteiger partial charge in [0.2, 0.25) is 0 Å². The summed E-state index contributed by atoms with van der Waals surface area (Å²) >= 11 is 0. The Morgan fingerprint density at radius 2 is 2.13 bits per heavy atom. The number of nitrogens with zero attached hydrogens (tertiary/aromatic N) is 2. The summed E-state index contributed by atoms with van der Waals surface area (Å²) in [5.74, 6) is 0. The van der Waals surface area contributed by atoms with Crippen LogP contribution in [0.15, 0.2) is 18.7 Å². The van der Waals surface area contributed by atoms with Gasteiger partial charge < -0.3 is 10.1 Å². The minimum Gasteiger partial charge on any atom is -0.381 e. The fraction of sp³-hybridized carbons (Fsp3) is 0.636. The normalized spacial score (nSPS) is 26.2. The van der Waals surface area contributed by atoms with Crippen LogP contribution in [0.1, 0.15) is 25.7 Å². The van der Waals surface area contributed by atoms with Gasteiger partial charge in [-0.15, -0.1) is 0 Å². The van der Waals surface area contributed by atoms with Gasteiger partial charge in [0.15, 0.2) is 0 Å². The molecule has 2 atom stereocenters. The Balaban J connectivity index is 1.89. The summed E-state index contributed by atoms with van der Waals surface area (Å²) in [5.41, 5.74) is 0.999. The third kappa shape index (κ3) is 2.89. The zero-order valence-corrected chi connectivity index (χ0v) is 9.02. The van der Waals surface area contributed by atoms with E-state index in [4.69, 9.17) is 4.74 Å². The summed E-state index contributed by atoms with van der Waals surface area (Å²) in [5, 5.41) is 3.44. The van der Waals surface area contributed by atoms with E-state index in [1.807, 2.05) is 12.4 Å². The van der Waals surface area contributed by atoms with E-state index >= 15 is 0 Å². The van der Waals surface area contributed by atoms with Crippen LogP contribution in [-0.4, -0.2) is 29.2 Å². The molecule has 15 heavy (non-hydrogen) atoms. The van der Waals surface area contributed by atoms with Crippen LogP contribution in [0.2, 0.25) is 0 Å². The maximum Gasteiger partial charge on any atom is 0.115 e. The van der Waals surface area contributed by atoms with Crippen LogP contribution >= 0.6 is 0 Å². The molecule has 0 spiro atoms. The Morgan fingerprint density at radius 3 is 2.87 bits per heavy atom. The van der Waals surface area contributed by atoms with E-state index in [1.54, 1.807) is 13.4 Å². The van der Waals surface area contributed by atoms with E-state index in [0.29, 0.717) is 12.1 Å². The number of methoxy groups -OCH3 is 1. The highest BCUT2D eigenvalue weighted by Crippen LogP contribution is 2.23. The maximum atomic E-state index is 5.39. The SMILES string of the molecule is COC1CCCC(Nc2cncnc2)C1. The van der Waals surface area contributed by atoms with Crippen molar-refractivity contribution in [1.82, 2.24) is 9.97 Å². The lowest BCUT2D eigenvalue weighted by Gasteiger charge is -2.29. The molecule has 0 bridgehead atoms. The van der Waals surface area contributed by atoms with E-state index in [0.717, 1.165) is 12.1 Å². The van der Waals surface area contributed by atoms with Crippen LogP contribution in [0, 0.1) is 0 Å². The first-order chi connectivity index (χ1) is 7.38. The van der Waals surface area contributed by atoms with Gasteiger partial charge in [0.05, 0.1) is 24.2 Å². The minimum atomic E-state index is 0.404. The minimum absolute atomic E-state index is 0.404. The maximum absolute atomic E-state index is 5.39. The second kappa shape index (κ2) is 5.07. The lowest BCUT2D eigenvalue weighted by atomic mass is 9.93. The molecule has 1 aromatic rings. The molecule has 0 amide bonds. The standard InChI is InChI=1S/C11H17N3O/c1-15-11-4-2-3-9(5-11)14-10-6-12-8-13-7-10/h6-9,11,14H,2-5H2,1H3. The summed E-state index contributed by atoms with van der Waals surface area (Å²) in [6, 6.07) is 0.495. The van der Waals surface area contributed by atoms with Gasteiger partial charge in [0.1, 0.15) is 6.33 Å². The van der Waals surface area contributed by atoms with Gasteiger partial charge in [-0.3, -0.25) is 0 Å². The highest BCUT2D eigenvalue weighted by molar-refractivity contribution is 5.38. The highest BCUT2D eigenvalue weighted by Gasteiger charge is 2.21. The van der Waals surface area contributed by atoms with Crippen LogP contribution in [-0.2, 0) is 4.74 Å². The second-order valence-electron chi connectivity index (χ2n) is 3.99. The van der Waals surface area contributed by atoms with Crippen molar-refractivity contribution in [3.8, 4) is 0 Å². The third-order valence-electron chi connectivity index (χ3n) is 2.89. The smallest absolute Gasteiger partial charge is 0.115 e. The number of rotatable bonds is 3. The zero-order valence-electron chi connectivity index (χ0n) is 9.02. The predicted octanol–water partition coefficient (Wildman–Crippen LogP) is 1.85. The molecule has 2 rings (SSSR count). The molecule has 1 saturated carbocycles. The van der Waals surface area contributed by atoms with Gasteiger partial charge in [-0.25, -0.2) is 9.97 Å². The molecular weight excluding hydrogens is 190 g/mol. The fourth-order valence-corrected chi connectivity index (χ4v) is 2.10. The Kier molecular flexibility index (Phi) is 3.50. The molecule has 1 fully saturated rings. The highest BCUT2D eigenvalue weighted by atomic mass is 16.5. The van der Waals surface area contributed by atoms with Crippen molar-refractivity contribution in [3.63, 3.8) is 0 Å². The molecule has 4 heteroatoms. The van der Waals surface area contributed by atoms with Crippen molar-refractivity contribution in [2.45, 2.75) is 37.8 Å². The number of anilines is 1. The summed E-state index contributed by atoms with van der Waals surface area (Å²) in [4.78, 5) is 7.97. The van der Waals surface area contributed by atoms with Gasteiger partial charge in [-0.1, -0.05) is 0 Å². The van der Waals surface area contributed by atoms with Crippen LogP contribution < -0.4 is 5.32 Å². The molecule has 0 aromatic carbocycles. The van der Waals surface area contributed by atoms with Crippen molar-refractivity contribution < 1.29 is 4.74 Å². The summed E-state index contributed by atoms with van der Waals surface area (Å²) in [6.07, 6.45) is 10.3. The average molecular weight is 207 g/mol. The zero-order chi connectivity index (χ0) is 10.5. The van der Waals surface area contributed by atoms with Gasteiger partial charge >= 0.3 is 0 Å². The fourth-order valence-electron chi connectivity index (χ4n) is 2.10.